The molecule has 0 spiro atoms. The minimum Gasteiger partial charge on any atom is -0.466 e. The lowest BCUT2D eigenvalue weighted by Crippen LogP contribution is -2.42. The van der Waals surface area contributed by atoms with Crippen LogP contribution in [0.1, 0.15) is 25.3 Å². The largest absolute Gasteiger partial charge is 0.466 e. The van der Waals surface area contributed by atoms with Crippen molar-refractivity contribution in [2.75, 3.05) is 25.1 Å². The molecule has 1 atom stereocenters. The fourth-order valence-electron chi connectivity index (χ4n) is 3.83. The average molecular weight is 443 g/mol. The first-order valence-electron chi connectivity index (χ1n) is 10.4. The van der Waals surface area contributed by atoms with Gasteiger partial charge in [-0.2, -0.15) is 0 Å². The molecule has 4 rings (SSSR count). The summed E-state index contributed by atoms with van der Waals surface area (Å²) in [5, 5.41) is 2.67. The first kappa shape index (κ1) is 21.3. The SMILES string of the molecule is CCOC(=O)C1CCCN(Nc2ccnc3c2ccn3S(=O)(=O)c2ccc(C)cc2)C1. The number of carbonyl (C=O) groups is 1. The highest BCUT2D eigenvalue weighted by molar-refractivity contribution is 7.90. The Bertz CT molecular complexity index is 1190. The Morgan fingerprint density at radius 3 is 2.74 bits per heavy atom. The topological polar surface area (TPSA) is 93.5 Å². The summed E-state index contributed by atoms with van der Waals surface area (Å²) < 4.78 is 32.7. The number of aryl methyl sites for hydroxylation is 1. The van der Waals surface area contributed by atoms with Crippen molar-refractivity contribution >= 4 is 32.7 Å². The summed E-state index contributed by atoms with van der Waals surface area (Å²) in [5.74, 6) is -0.353. The summed E-state index contributed by atoms with van der Waals surface area (Å²) in [6.45, 7) is 5.40. The fourth-order valence-corrected chi connectivity index (χ4v) is 5.13. The third kappa shape index (κ3) is 4.28. The molecule has 1 aromatic carbocycles. The van der Waals surface area contributed by atoms with Crippen molar-refractivity contribution in [3.8, 4) is 0 Å². The summed E-state index contributed by atoms with van der Waals surface area (Å²) in [4.78, 5) is 16.7. The Balaban J connectivity index is 1.61. The number of aromatic nitrogens is 2. The molecule has 0 saturated carbocycles. The number of piperidine rings is 1. The highest BCUT2D eigenvalue weighted by Crippen LogP contribution is 2.28. The first-order chi connectivity index (χ1) is 14.9. The molecule has 1 N–H and O–H groups in total. The van der Waals surface area contributed by atoms with Gasteiger partial charge in [-0.3, -0.25) is 4.79 Å². The van der Waals surface area contributed by atoms with Crippen LogP contribution in [0.5, 0.6) is 0 Å². The van der Waals surface area contributed by atoms with Crippen molar-refractivity contribution in [1.82, 2.24) is 14.0 Å². The van der Waals surface area contributed by atoms with E-state index >= 15 is 0 Å². The molecule has 164 valence electrons. The van der Waals surface area contributed by atoms with Crippen molar-refractivity contribution in [3.63, 3.8) is 0 Å². The zero-order valence-corrected chi connectivity index (χ0v) is 18.4. The monoisotopic (exact) mass is 442 g/mol. The van der Waals surface area contributed by atoms with Crippen LogP contribution in [0.3, 0.4) is 0 Å². The molecule has 1 aliphatic heterocycles. The molecule has 9 heteroatoms. The number of nitrogens with zero attached hydrogens (tertiary/aromatic N) is 3. The molecule has 1 unspecified atom stereocenters. The number of esters is 1. The summed E-state index contributed by atoms with van der Waals surface area (Å²) in [6, 6.07) is 10.3. The molecule has 1 aliphatic rings. The highest BCUT2D eigenvalue weighted by atomic mass is 32.2. The number of carbonyl (C=O) groups excluding carboxylic acids is 1. The second-order valence-electron chi connectivity index (χ2n) is 7.67. The summed E-state index contributed by atoms with van der Waals surface area (Å²) >= 11 is 0. The van der Waals surface area contributed by atoms with Crippen molar-refractivity contribution in [2.45, 2.75) is 31.6 Å². The van der Waals surface area contributed by atoms with Crippen LogP contribution in [0, 0.1) is 12.8 Å². The van der Waals surface area contributed by atoms with Crippen molar-refractivity contribution in [3.05, 3.63) is 54.4 Å². The fraction of sp³-hybridized carbons (Fsp3) is 0.364. The molecular weight excluding hydrogens is 416 g/mol. The van der Waals surface area contributed by atoms with Gasteiger partial charge >= 0.3 is 5.97 Å². The zero-order valence-electron chi connectivity index (χ0n) is 17.6. The lowest BCUT2D eigenvalue weighted by molar-refractivity contribution is -0.149. The van der Waals surface area contributed by atoms with Crippen molar-refractivity contribution in [2.24, 2.45) is 5.92 Å². The molecule has 31 heavy (non-hydrogen) atoms. The van der Waals surface area contributed by atoms with E-state index < -0.39 is 10.0 Å². The lowest BCUT2D eigenvalue weighted by atomic mass is 9.99. The number of hydrogen-bond acceptors (Lipinski definition) is 7. The summed E-state index contributed by atoms with van der Waals surface area (Å²) in [7, 11) is -3.76. The first-order valence-corrected chi connectivity index (χ1v) is 11.8. The number of pyridine rings is 1. The zero-order chi connectivity index (χ0) is 22.0. The number of ether oxygens (including phenoxy) is 1. The standard InChI is InChI=1S/C22H26N4O4S/c1-3-30-22(27)17-5-4-13-25(15-17)24-20-10-12-23-21-19(20)11-14-26(21)31(28,29)18-8-6-16(2)7-9-18/h6-12,14,17H,3-5,13,15H2,1-2H3,(H,23,24). The van der Waals surface area contributed by atoms with E-state index in [4.69, 9.17) is 4.74 Å². The van der Waals surface area contributed by atoms with Crippen molar-refractivity contribution < 1.29 is 17.9 Å². The van der Waals surface area contributed by atoms with E-state index in [2.05, 4.69) is 10.4 Å². The molecule has 1 fully saturated rings. The number of hydrazine groups is 1. The van der Waals surface area contributed by atoms with E-state index in [0.29, 0.717) is 24.2 Å². The number of benzene rings is 1. The van der Waals surface area contributed by atoms with Crippen LogP contribution in [-0.4, -0.2) is 48.0 Å². The second kappa shape index (κ2) is 8.68. The smallest absolute Gasteiger partial charge is 0.310 e. The van der Waals surface area contributed by atoms with Gasteiger partial charge in [0.1, 0.15) is 0 Å². The summed E-state index contributed by atoms with van der Waals surface area (Å²) in [6.07, 6.45) is 4.77. The van der Waals surface area contributed by atoms with E-state index in [1.54, 1.807) is 49.5 Å². The Hall–Kier alpha value is -2.91. The highest BCUT2D eigenvalue weighted by Gasteiger charge is 2.27. The van der Waals surface area contributed by atoms with Gasteiger partial charge in [0.05, 0.1) is 23.1 Å². The number of nitrogens with one attached hydrogen (secondary N) is 1. The molecule has 0 bridgehead atoms. The maximum atomic E-state index is 13.1. The summed E-state index contributed by atoms with van der Waals surface area (Å²) in [5.41, 5.74) is 5.42. The Morgan fingerprint density at radius 2 is 2.00 bits per heavy atom. The van der Waals surface area contributed by atoms with E-state index in [1.165, 1.54) is 10.2 Å². The van der Waals surface area contributed by atoms with E-state index in [-0.39, 0.29) is 16.8 Å². The maximum absolute atomic E-state index is 13.1. The van der Waals surface area contributed by atoms with Gasteiger partial charge in [-0.25, -0.2) is 22.4 Å². The molecule has 3 heterocycles. The molecular formula is C22H26N4O4S. The quantitative estimate of drug-likeness (QED) is 0.586. The van der Waals surface area contributed by atoms with Crippen LogP contribution < -0.4 is 5.43 Å². The number of hydrogen-bond donors (Lipinski definition) is 1. The molecule has 8 nitrogen and oxygen atoms in total. The number of anilines is 1. The second-order valence-corrected chi connectivity index (χ2v) is 9.49. The van der Waals surface area contributed by atoms with Gasteiger partial charge in [-0.15, -0.1) is 0 Å². The van der Waals surface area contributed by atoms with Crippen LogP contribution >= 0.6 is 0 Å². The minimum atomic E-state index is -3.76. The molecule has 0 radical (unpaired) electrons. The van der Waals surface area contributed by atoms with Crippen LogP contribution in [0.15, 0.2) is 53.7 Å². The predicted molar refractivity (Wildman–Crippen MR) is 118 cm³/mol. The molecule has 3 aromatic rings. The van der Waals surface area contributed by atoms with E-state index in [0.717, 1.165) is 30.6 Å². The van der Waals surface area contributed by atoms with Gasteiger partial charge in [0.15, 0.2) is 5.65 Å². The normalized spacial score (nSPS) is 17.5. The van der Waals surface area contributed by atoms with Gasteiger partial charge in [-0.05, 0) is 51.0 Å². The predicted octanol–water partition coefficient (Wildman–Crippen LogP) is 3.18. The number of fused-ring (bicyclic) bond motifs is 1. The number of rotatable bonds is 6. The molecule has 2 aromatic heterocycles. The Morgan fingerprint density at radius 1 is 1.23 bits per heavy atom. The van der Waals surface area contributed by atoms with Crippen LogP contribution in [0.2, 0.25) is 0 Å². The van der Waals surface area contributed by atoms with Gasteiger partial charge in [0.25, 0.3) is 10.0 Å². The average Bonchev–Trinajstić information content (AvgIpc) is 3.21. The van der Waals surface area contributed by atoms with Gasteiger partial charge in [0.2, 0.25) is 0 Å². The van der Waals surface area contributed by atoms with Crippen LogP contribution in [0.25, 0.3) is 11.0 Å². The molecule has 0 amide bonds. The minimum absolute atomic E-state index is 0.176. The van der Waals surface area contributed by atoms with Crippen LogP contribution in [0.4, 0.5) is 5.69 Å². The Labute approximate surface area is 181 Å². The molecule has 1 saturated heterocycles. The van der Waals surface area contributed by atoms with E-state index in [1.807, 2.05) is 11.9 Å². The van der Waals surface area contributed by atoms with Gasteiger partial charge < -0.3 is 10.2 Å². The Kier molecular flexibility index (Phi) is 5.97. The van der Waals surface area contributed by atoms with E-state index in [9.17, 15) is 13.2 Å². The van der Waals surface area contributed by atoms with Crippen molar-refractivity contribution in [1.29, 1.82) is 0 Å². The molecule has 0 aliphatic carbocycles. The maximum Gasteiger partial charge on any atom is 0.310 e. The lowest BCUT2D eigenvalue weighted by Gasteiger charge is -2.32. The van der Waals surface area contributed by atoms with Crippen LogP contribution in [-0.2, 0) is 19.6 Å². The third-order valence-electron chi connectivity index (χ3n) is 5.45. The van der Waals surface area contributed by atoms with Gasteiger partial charge in [0, 0.05) is 30.9 Å². The van der Waals surface area contributed by atoms with Gasteiger partial charge in [-0.1, -0.05) is 17.7 Å². The third-order valence-corrected chi connectivity index (χ3v) is 7.13.